The molecule has 1 saturated heterocycles. The van der Waals surface area contributed by atoms with Crippen LogP contribution in [0.15, 0.2) is 18.2 Å². The molecule has 25 heavy (non-hydrogen) atoms. The summed E-state index contributed by atoms with van der Waals surface area (Å²) >= 11 is 0. The van der Waals surface area contributed by atoms with Crippen LogP contribution in [-0.4, -0.2) is 56.5 Å². The fourth-order valence-corrected chi connectivity index (χ4v) is 2.99. The Morgan fingerprint density at radius 3 is 2.60 bits per heavy atom. The van der Waals surface area contributed by atoms with E-state index in [0.29, 0.717) is 42.6 Å². The first kappa shape index (κ1) is 19.2. The second-order valence-corrected chi connectivity index (χ2v) is 6.36. The molecule has 1 N–H and O–H groups in total. The maximum Gasteiger partial charge on any atom is 0.222 e. The van der Waals surface area contributed by atoms with Crippen molar-refractivity contribution in [3.05, 3.63) is 23.8 Å². The number of carbonyl (C=O) groups excluding carboxylic acids is 2. The lowest BCUT2D eigenvalue weighted by Gasteiger charge is -2.31. The predicted octanol–water partition coefficient (Wildman–Crippen LogP) is 2.27. The van der Waals surface area contributed by atoms with Crippen molar-refractivity contribution in [1.29, 1.82) is 0 Å². The van der Waals surface area contributed by atoms with E-state index in [0.717, 1.165) is 25.9 Å². The first-order valence-corrected chi connectivity index (χ1v) is 8.81. The molecule has 0 spiro atoms. The number of benzene rings is 1. The number of hydrogen-bond acceptors (Lipinski definition) is 5. The Labute approximate surface area is 149 Å². The van der Waals surface area contributed by atoms with Gasteiger partial charge in [-0.05, 0) is 57.5 Å². The summed E-state index contributed by atoms with van der Waals surface area (Å²) in [7, 11) is 3.44. The fourth-order valence-electron chi connectivity index (χ4n) is 2.99. The summed E-state index contributed by atoms with van der Waals surface area (Å²) in [6.07, 6.45) is 3.14. The molecule has 0 aromatic heterocycles. The highest BCUT2D eigenvalue weighted by molar-refractivity contribution is 5.94. The van der Waals surface area contributed by atoms with Gasteiger partial charge in [-0.15, -0.1) is 0 Å². The lowest BCUT2D eigenvalue weighted by atomic mass is 10.0. The van der Waals surface area contributed by atoms with Gasteiger partial charge in [0.2, 0.25) is 5.91 Å². The Morgan fingerprint density at radius 1 is 1.24 bits per heavy atom. The SMILES string of the molecule is COc1cc(C(C)=O)ccc1OCCCC(=O)N(C)C1CCNCC1. The van der Waals surface area contributed by atoms with Gasteiger partial charge in [0.05, 0.1) is 13.7 Å². The number of ether oxygens (including phenoxy) is 2. The zero-order chi connectivity index (χ0) is 18.2. The Morgan fingerprint density at radius 2 is 1.96 bits per heavy atom. The van der Waals surface area contributed by atoms with Crippen LogP contribution in [0.5, 0.6) is 11.5 Å². The van der Waals surface area contributed by atoms with Crippen LogP contribution < -0.4 is 14.8 Å². The van der Waals surface area contributed by atoms with E-state index in [2.05, 4.69) is 5.32 Å². The van der Waals surface area contributed by atoms with E-state index in [1.165, 1.54) is 6.92 Å². The van der Waals surface area contributed by atoms with E-state index < -0.39 is 0 Å². The van der Waals surface area contributed by atoms with E-state index in [9.17, 15) is 9.59 Å². The van der Waals surface area contributed by atoms with E-state index in [4.69, 9.17) is 9.47 Å². The van der Waals surface area contributed by atoms with E-state index in [1.54, 1.807) is 25.3 Å². The lowest BCUT2D eigenvalue weighted by Crippen LogP contribution is -2.43. The summed E-state index contributed by atoms with van der Waals surface area (Å²) < 4.78 is 11.0. The smallest absolute Gasteiger partial charge is 0.222 e. The maximum atomic E-state index is 12.3. The van der Waals surface area contributed by atoms with Crippen molar-refractivity contribution in [2.75, 3.05) is 33.9 Å². The number of hydrogen-bond donors (Lipinski definition) is 1. The number of methoxy groups -OCH3 is 1. The van der Waals surface area contributed by atoms with Crippen molar-refractivity contribution in [2.24, 2.45) is 0 Å². The highest BCUT2D eigenvalue weighted by atomic mass is 16.5. The number of nitrogens with one attached hydrogen (secondary N) is 1. The fraction of sp³-hybridized carbons (Fsp3) is 0.579. The molecule has 0 saturated carbocycles. The van der Waals surface area contributed by atoms with Crippen molar-refractivity contribution in [2.45, 2.75) is 38.6 Å². The molecule has 0 unspecified atom stereocenters. The van der Waals surface area contributed by atoms with Crippen molar-refractivity contribution >= 4 is 11.7 Å². The molecule has 6 heteroatoms. The first-order valence-electron chi connectivity index (χ1n) is 8.81. The normalized spacial score (nSPS) is 14.8. The molecule has 1 fully saturated rings. The number of carbonyl (C=O) groups is 2. The molecule has 0 aliphatic carbocycles. The highest BCUT2D eigenvalue weighted by Gasteiger charge is 2.21. The van der Waals surface area contributed by atoms with Crippen LogP contribution in [0.25, 0.3) is 0 Å². The molecule has 2 rings (SSSR count). The summed E-state index contributed by atoms with van der Waals surface area (Å²) in [6, 6.07) is 5.47. The Hall–Kier alpha value is -2.08. The van der Waals surface area contributed by atoms with Gasteiger partial charge in [-0.1, -0.05) is 0 Å². The van der Waals surface area contributed by atoms with E-state index >= 15 is 0 Å². The van der Waals surface area contributed by atoms with Gasteiger partial charge in [-0.2, -0.15) is 0 Å². The van der Waals surface area contributed by atoms with Crippen molar-refractivity contribution < 1.29 is 19.1 Å². The Kier molecular flexibility index (Phi) is 7.25. The van der Waals surface area contributed by atoms with Crippen molar-refractivity contribution in [1.82, 2.24) is 10.2 Å². The zero-order valence-electron chi connectivity index (χ0n) is 15.3. The van der Waals surface area contributed by atoms with Gasteiger partial charge in [-0.3, -0.25) is 9.59 Å². The standard InChI is InChI=1S/C19H28N2O4/c1-14(22)15-6-7-17(18(13-15)24-3)25-12-4-5-19(23)21(2)16-8-10-20-11-9-16/h6-7,13,16,20H,4-5,8-12H2,1-3H3. The molecule has 0 radical (unpaired) electrons. The third kappa shape index (κ3) is 5.46. The Balaban J connectivity index is 1.78. The lowest BCUT2D eigenvalue weighted by molar-refractivity contribution is -0.132. The minimum Gasteiger partial charge on any atom is -0.493 e. The van der Waals surface area contributed by atoms with Gasteiger partial charge < -0.3 is 19.7 Å². The molecular weight excluding hydrogens is 320 g/mol. The summed E-state index contributed by atoms with van der Waals surface area (Å²) in [5.41, 5.74) is 0.586. The minimum absolute atomic E-state index is 0.0172. The number of piperidine rings is 1. The number of ketones is 1. The Bertz CT molecular complexity index is 597. The number of rotatable bonds is 8. The molecule has 1 aromatic rings. The van der Waals surface area contributed by atoms with Crippen LogP contribution in [0.3, 0.4) is 0 Å². The molecular formula is C19H28N2O4. The molecule has 1 aliphatic rings. The number of Topliss-reactive ketones (excluding diaryl/α,β-unsaturated/α-hetero) is 1. The molecule has 6 nitrogen and oxygen atoms in total. The summed E-state index contributed by atoms with van der Waals surface area (Å²) in [5, 5.41) is 3.31. The highest BCUT2D eigenvalue weighted by Crippen LogP contribution is 2.28. The van der Waals surface area contributed by atoms with Gasteiger partial charge in [0.25, 0.3) is 0 Å². The van der Waals surface area contributed by atoms with Gasteiger partial charge in [0.15, 0.2) is 17.3 Å². The zero-order valence-corrected chi connectivity index (χ0v) is 15.3. The predicted molar refractivity (Wildman–Crippen MR) is 96.4 cm³/mol. The molecule has 138 valence electrons. The second kappa shape index (κ2) is 9.42. The number of nitrogens with zero attached hydrogens (tertiary/aromatic N) is 1. The maximum absolute atomic E-state index is 12.3. The third-order valence-corrected chi connectivity index (χ3v) is 4.61. The number of amides is 1. The molecule has 0 bridgehead atoms. The summed E-state index contributed by atoms with van der Waals surface area (Å²) in [5.74, 6) is 1.27. The third-order valence-electron chi connectivity index (χ3n) is 4.61. The van der Waals surface area contributed by atoms with Crippen molar-refractivity contribution in [3.63, 3.8) is 0 Å². The topological polar surface area (TPSA) is 67.9 Å². The molecule has 1 aromatic carbocycles. The van der Waals surface area contributed by atoms with Gasteiger partial charge >= 0.3 is 0 Å². The summed E-state index contributed by atoms with van der Waals surface area (Å²) in [4.78, 5) is 25.6. The summed E-state index contributed by atoms with van der Waals surface area (Å²) in [6.45, 7) is 3.89. The van der Waals surface area contributed by atoms with Crippen LogP contribution in [-0.2, 0) is 4.79 Å². The van der Waals surface area contributed by atoms with Crippen LogP contribution in [0.2, 0.25) is 0 Å². The van der Waals surface area contributed by atoms with Crippen LogP contribution in [0.1, 0.15) is 43.0 Å². The van der Waals surface area contributed by atoms with Crippen LogP contribution in [0.4, 0.5) is 0 Å². The van der Waals surface area contributed by atoms with Crippen molar-refractivity contribution in [3.8, 4) is 11.5 Å². The molecule has 1 aliphatic heterocycles. The van der Waals surface area contributed by atoms with Gasteiger partial charge in [0, 0.05) is 25.1 Å². The molecule has 1 heterocycles. The van der Waals surface area contributed by atoms with Crippen LogP contribution >= 0.6 is 0 Å². The monoisotopic (exact) mass is 348 g/mol. The molecule has 0 atom stereocenters. The average molecular weight is 348 g/mol. The largest absolute Gasteiger partial charge is 0.493 e. The van der Waals surface area contributed by atoms with E-state index in [1.807, 2.05) is 11.9 Å². The quantitative estimate of drug-likeness (QED) is 0.577. The molecule has 1 amide bonds. The average Bonchev–Trinajstić information content (AvgIpc) is 2.64. The second-order valence-electron chi connectivity index (χ2n) is 6.36. The first-order chi connectivity index (χ1) is 12.0. The minimum atomic E-state index is -0.0172. The van der Waals surface area contributed by atoms with E-state index in [-0.39, 0.29) is 11.7 Å². The van der Waals surface area contributed by atoms with Gasteiger partial charge in [0.1, 0.15) is 0 Å². The van der Waals surface area contributed by atoms with Gasteiger partial charge in [-0.25, -0.2) is 0 Å². The van der Waals surface area contributed by atoms with Crippen LogP contribution in [0, 0.1) is 0 Å².